The molecule has 0 fully saturated rings. The summed E-state index contributed by atoms with van der Waals surface area (Å²) in [5.41, 5.74) is 6.55. The van der Waals surface area contributed by atoms with Crippen molar-refractivity contribution in [2.45, 2.75) is 20.8 Å². The zero-order valence-electron chi connectivity index (χ0n) is 27.1. The van der Waals surface area contributed by atoms with Gasteiger partial charge in [-0.2, -0.15) is 0 Å². The van der Waals surface area contributed by atoms with Crippen molar-refractivity contribution >= 4 is 10.8 Å². The first-order valence-corrected chi connectivity index (χ1v) is 12.3. The smallest absolute Gasteiger partial charge is 0.125 e. The zero-order chi connectivity index (χ0) is 31.7. The van der Waals surface area contributed by atoms with Gasteiger partial charge in [0, 0.05) is 38.1 Å². The summed E-state index contributed by atoms with van der Waals surface area (Å²) in [6, 6.07) is 20.7. The minimum Gasteiger partial charge on any atom is -0.507 e. The molecule has 2 heterocycles. The summed E-state index contributed by atoms with van der Waals surface area (Å²) in [5, 5.41) is 11.3. The van der Waals surface area contributed by atoms with Gasteiger partial charge >= 0.3 is 0 Å². The fourth-order valence-electron chi connectivity index (χ4n) is 4.53. The van der Waals surface area contributed by atoms with Crippen molar-refractivity contribution in [2.75, 3.05) is 0 Å². The second kappa shape index (κ2) is 12.8. The van der Waals surface area contributed by atoms with Crippen molar-refractivity contribution in [1.82, 2.24) is 9.97 Å². The van der Waals surface area contributed by atoms with Gasteiger partial charge < -0.3 is 10.1 Å². The predicted octanol–water partition coefficient (Wildman–Crippen LogP) is 8.89. The minimum atomic E-state index is -0.386. The third kappa shape index (κ3) is 6.34. The van der Waals surface area contributed by atoms with E-state index in [9.17, 15) is 9.50 Å². The number of aromatic nitrogens is 2. The van der Waals surface area contributed by atoms with Gasteiger partial charge in [0.2, 0.25) is 0 Å². The number of pyridine rings is 2. The monoisotopic (exact) mass is 709 g/mol. The van der Waals surface area contributed by atoms with Crippen LogP contribution in [-0.2, 0) is 20.1 Å². The first kappa shape index (κ1) is 22.6. The van der Waals surface area contributed by atoms with Crippen molar-refractivity contribution in [3.63, 3.8) is 0 Å². The molecular weight excluding hydrogens is 676 g/mol. The van der Waals surface area contributed by atoms with Crippen LogP contribution in [0.25, 0.3) is 44.4 Å². The van der Waals surface area contributed by atoms with Crippen LogP contribution < -0.4 is 0 Å². The molecule has 0 unspecified atom stereocenters. The molecule has 201 valence electrons. The van der Waals surface area contributed by atoms with E-state index in [-0.39, 0.29) is 67.4 Å². The average molecular weight is 709 g/mol. The molecule has 0 saturated carbocycles. The molecule has 0 saturated heterocycles. The van der Waals surface area contributed by atoms with Crippen molar-refractivity contribution in [3.8, 4) is 39.4 Å². The van der Waals surface area contributed by atoms with Crippen LogP contribution in [0, 0.1) is 32.7 Å². The van der Waals surface area contributed by atoms with E-state index in [1.54, 1.807) is 30.6 Å². The number of nitrogens with zero attached hydrogens (tertiary/aromatic N) is 2. The summed E-state index contributed by atoms with van der Waals surface area (Å²) in [4.78, 5) is 8.61. The predicted molar refractivity (Wildman–Crippen MR) is 157 cm³/mol. The van der Waals surface area contributed by atoms with Crippen LogP contribution in [0.1, 0.15) is 23.5 Å². The van der Waals surface area contributed by atoms with Gasteiger partial charge in [0.1, 0.15) is 11.6 Å². The Labute approximate surface area is 254 Å². The molecule has 6 rings (SSSR count). The largest absolute Gasteiger partial charge is 0.507 e. The van der Waals surface area contributed by atoms with Crippen molar-refractivity contribution in [1.29, 1.82) is 0 Å². The number of fused-ring (bicyclic) bond motifs is 1. The maximum atomic E-state index is 12.9. The first-order valence-electron chi connectivity index (χ1n) is 14.8. The number of halogens is 1. The van der Waals surface area contributed by atoms with E-state index < -0.39 is 0 Å². The Balaban J connectivity index is 0.000000258. The molecular formula is C35H28FIrN2O-. The average Bonchev–Trinajstić information content (AvgIpc) is 3.01. The van der Waals surface area contributed by atoms with Gasteiger partial charge in [-0.15, -0.1) is 34.9 Å². The molecule has 40 heavy (non-hydrogen) atoms. The molecule has 1 radical (unpaired) electrons. The van der Waals surface area contributed by atoms with Crippen molar-refractivity contribution in [3.05, 3.63) is 138 Å². The van der Waals surface area contributed by atoms with Crippen molar-refractivity contribution in [2.24, 2.45) is 0 Å². The first-order chi connectivity index (χ1) is 21.0. The normalized spacial score (nSPS) is 12.2. The van der Waals surface area contributed by atoms with E-state index >= 15 is 0 Å². The van der Waals surface area contributed by atoms with E-state index in [2.05, 4.69) is 22.1 Å². The summed E-state index contributed by atoms with van der Waals surface area (Å²) in [6.07, 6.45) is 3.33. The molecule has 6 aromatic rings. The van der Waals surface area contributed by atoms with Crippen LogP contribution in [0.15, 0.2) is 109 Å². The number of phenols is 1. The number of aromatic hydroxyl groups is 1. The topological polar surface area (TPSA) is 46.0 Å². The maximum absolute atomic E-state index is 12.9. The van der Waals surface area contributed by atoms with E-state index in [4.69, 9.17) is 6.85 Å². The Bertz CT molecular complexity index is 1990. The molecule has 0 spiro atoms. The fraction of sp³-hybridized carbons (Fsp3) is 0.0857. The van der Waals surface area contributed by atoms with E-state index in [1.807, 2.05) is 45.0 Å². The number of hydrogen-bond donors (Lipinski definition) is 1. The third-order valence-electron chi connectivity index (χ3n) is 6.29. The standard InChI is InChI=1S/C24H20N.C11H8FNO.Ir/c1-16-13-17(2)15-20(14-16)24-23-10-9-21(19-7-5-4-6-8-19)18(3)22(23)11-12-25-24;12-8-4-5-11(14)9(7-8)10-3-1-2-6-13-10;/h4-14H,1-3H3;1-7,14H;/q-1;;/i4D,5D,6D,7D,8D;;. The summed E-state index contributed by atoms with van der Waals surface area (Å²) >= 11 is 0. The molecule has 0 aliphatic heterocycles. The summed E-state index contributed by atoms with van der Waals surface area (Å²) < 4.78 is 53.3. The number of aryl methyl sites for hydroxylation is 3. The number of benzene rings is 4. The Morgan fingerprint density at radius 2 is 1.60 bits per heavy atom. The van der Waals surface area contributed by atoms with E-state index in [0.29, 0.717) is 16.8 Å². The molecule has 3 nitrogen and oxygen atoms in total. The molecule has 4 aromatic carbocycles. The number of phenolic OH excluding ortho intramolecular Hbond substituents is 1. The second-order valence-corrected chi connectivity index (χ2v) is 9.12. The molecule has 1 N–H and O–H groups in total. The molecule has 0 amide bonds. The van der Waals surface area contributed by atoms with Gasteiger partial charge in [0.25, 0.3) is 0 Å². The second-order valence-electron chi connectivity index (χ2n) is 9.12. The zero-order valence-corrected chi connectivity index (χ0v) is 24.5. The van der Waals surface area contributed by atoms with Gasteiger partial charge in [-0.05, 0) is 76.5 Å². The van der Waals surface area contributed by atoms with Crippen LogP contribution in [0.5, 0.6) is 5.75 Å². The Morgan fingerprint density at radius 1 is 0.800 bits per heavy atom. The molecule has 0 aliphatic carbocycles. The van der Waals surface area contributed by atoms with Crippen LogP contribution in [-0.4, -0.2) is 15.1 Å². The minimum absolute atomic E-state index is 0. The van der Waals surface area contributed by atoms with Gasteiger partial charge in [0.15, 0.2) is 0 Å². The van der Waals surface area contributed by atoms with Crippen LogP contribution >= 0.6 is 0 Å². The van der Waals surface area contributed by atoms with E-state index in [0.717, 1.165) is 38.7 Å². The van der Waals surface area contributed by atoms with Gasteiger partial charge in [-0.1, -0.05) is 62.3 Å². The Morgan fingerprint density at radius 3 is 2.33 bits per heavy atom. The third-order valence-corrected chi connectivity index (χ3v) is 6.29. The summed E-state index contributed by atoms with van der Waals surface area (Å²) in [5.74, 6) is -0.353. The van der Waals surface area contributed by atoms with Crippen LogP contribution in [0.2, 0.25) is 0 Å². The van der Waals surface area contributed by atoms with E-state index in [1.165, 1.54) is 18.2 Å². The summed E-state index contributed by atoms with van der Waals surface area (Å²) in [7, 11) is 0. The van der Waals surface area contributed by atoms with Gasteiger partial charge in [0.05, 0.1) is 12.5 Å². The van der Waals surface area contributed by atoms with Crippen molar-refractivity contribution < 1.29 is 36.5 Å². The van der Waals surface area contributed by atoms with Gasteiger partial charge in [-0.25, -0.2) is 4.39 Å². The number of hydrogen-bond acceptors (Lipinski definition) is 3. The Hall–Kier alpha value is -4.18. The van der Waals surface area contributed by atoms with Gasteiger partial charge in [-0.3, -0.25) is 4.98 Å². The van der Waals surface area contributed by atoms with Crippen LogP contribution in [0.3, 0.4) is 0 Å². The SMILES string of the molecule is Oc1ccc(F)cc1-c1ccccn1.[2H]c1c([2H])c([2H])c(-c2ccc3c(-c4[c-]c(C)cc(C)c4)nccc3c2C)c([2H])c1[2H].[Ir]. The Kier molecular flexibility index (Phi) is 7.23. The molecule has 5 heteroatoms. The molecule has 2 aromatic heterocycles. The maximum Gasteiger partial charge on any atom is 0.125 e. The van der Waals surface area contributed by atoms with Crippen LogP contribution in [0.4, 0.5) is 4.39 Å². The molecule has 0 atom stereocenters. The summed E-state index contributed by atoms with van der Waals surface area (Å²) in [6.45, 7) is 5.95. The quantitative estimate of drug-likeness (QED) is 0.187. The molecule has 0 aliphatic rings. The number of rotatable bonds is 3. The molecule has 0 bridgehead atoms. The fourth-order valence-corrected chi connectivity index (χ4v) is 4.53.